The van der Waals surface area contributed by atoms with Crippen LogP contribution in [0.15, 0.2) is 67.0 Å². The Balaban J connectivity index is 1.48. The van der Waals surface area contributed by atoms with E-state index in [1.54, 1.807) is 29.2 Å². The van der Waals surface area contributed by atoms with E-state index in [2.05, 4.69) is 15.3 Å². The van der Waals surface area contributed by atoms with E-state index in [-0.39, 0.29) is 17.8 Å². The number of aromatic nitrogens is 4. The molecule has 0 spiro atoms. The van der Waals surface area contributed by atoms with E-state index < -0.39 is 0 Å². The molecule has 2 heterocycles. The molecule has 2 N–H and O–H groups in total. The van der Waals surface area contributed by atoms with E-state index in [1.807, 2.05) is 30.3 Å². The lowest BCUT2D eigenvalue weighted by Gasteiger charge is -2.19. The van der Waals surface area contributed by atoms with Gasteiger partial charge in [0.05, 0.1) is 11.7 Å². The van der Waals surface area contributed by atoms with Gasteiger partial charge in [0.15, 0.2) is 5.69 Å². The van der Waals surface area contributed by atoms with Crippen LogP contribution in [0.4, 0.5) is 4.39 Å². The van der Waals surface area contributed by atoms with Crippen LogP contribution in [0.25, 0.3) is 5.69 Å². The van der Waals surface area contributed by atoms with Crippen molar-refractivity contribution in [1.82, 2.24) is 25.1 Å². The van der Waals surface area contributed by atoms with Gasteiger partial charge in [-0.05, 0) is 55.5 Å². The molecule has 2 aromatic carbocycles. The van der Waals surface area contributed by atoms with Crippen LogP contribution in [0.2, 0.25) is 0 Å². The lowest BCUT2D eigenvalue weighted by molar-refractivity contribution is 0.0929. The van der Waals surface area contributed by atoms with Gasteiger partial charge >= 0.3 is 0 Å². The number of H-pyrrole nitrogens is 1. The number of nitrogens with zero attached hydrogens (tertiary/aromatic N) is 3. The minimum absolute atomic E-state index is 0.204. The predicted molar refractivity (Wildman–Crippen MR) is 119 cm³/mol. The molecule has 162 valence electrons. The Hall–Kier alpha value is -3.74. The Kier molecular flexibility index (Phi) is 5.54. The van der Waals surface area contributed by atoms with Gasteiger partial charge in [-0.1, -0.05) is 30.3 Å². The number of amides is 1. The summed E-state index contributed by atoms with van der Waals surface area (Å²) in [5.74, 6) is 0.304. The monoisotopic (exact) mass is 429 g/mol. The fourth-order valence-electron chi connectivity index (χ4n) is 4.34. The molecule has 0 radical (unpaired) electrons. The Bertz CT molecular complexity index is 1200. The Morgan fingerprint density at radius 3 is 2.62 bits per heavy atom. The van der Waals surface area contributed by atoms with E-state index in [0.717, 1.165) is 54.0 Å². The highest BCUT2D eigenvalue weighted by Gasteiger charge is 2.27. The molecular formula is C25H24FN5O. The summed E-state index contributed by atoms with van der Waals surface area (Å²) in [5.41, 5.74) is 4.24. The summed E-state index contributed by atoms with van der Waals surface area (Å²) in [5, 5.41) is 7.87. The average molecular weight is 429 g/mol. The first-order valence-corrected chi connectivity index (χ1v) is 10.9. The topological polar surface area (TPSA) is 75.6 Å². The van der Waals surface area contributed by atoms with Crippen LogP contribution >= 0.6 is 0 Å². The van der Waals surface area contributed by atoms with Crippen LogP contribution in [0.5, 0.6) is 0 Å². The van der Waals surface area contributed by atoms with Crippen LogP contribution < -0.4 is 5.32 Å². The highest BCUT2D eigenvalue weighted by atomic mass is 19.1. The van der Waals surface area contributed by atoms with Crippen molar-refractivity contribution in [3.63, 3.8) is 0 Å². The van der Waals surface area contributed by atoms with E-state index in [9.17, 15) is 9.18 Å². The molecule has 7 heteroatoms. The zero-order chi connectivity index (χ0) is 21.9. The van der Waals surface area contributed by atoms with Crippen LogP contribution in [-0.4, -0.2) is 25.7 Å². The molecule has 1 unspecified atom stereocenters. The van der Waals surface area contributed by atoms with Crippen LogP contribution in [-0.2, 0) is 19.3 Å². The number of carbonyl (C=O) groups excluding carboxylic acids is 1. The SMILES string of the molecule is O=C(NC(Cc1ncc[nH]1)c1ccccc1)c1nn(-c2ccc(F)cc2)c2c1CCCC2. The van der Waals surface area contributed by atoms with Gasteiger partial charge in [-0.2, -0.15) is 5.10 Å². The van der Waals surface area contributed by atoms with E-state index in [0.29, 0.717) is 12.1 Å². The van der Waals surface area contributed by atoms with Crippen LogP contribution in [0.3, 0.4) is 0 Å². The van der Waals surface area contributed by atoms with Gasteiger partial charge in [-0.25, -0.2) is 14.1 Å². The molecule has 6 nitrogen and oxygen atoms in total. The van der Waals surface area contributed by atoms with Crippen molar-refractivity contribution in [3.8, 4) is 5.69 Å². The second kappa shape index (κ2) is 8.78. The summed E-state index contributed by atoms with van der Waals surface area (Å²) in [6, 6.07) is 15.9. The average Bonchev–Trinajstić information content (AvgIpc) is 3.48. The first-order valence-electron chi connectivity index (χ1n) is 10.9. The number of rotatable bonds is 6. The Labute approximate surface area is 185 Å². The van der Waals surface area contributed by atoms with Crippen molar-refractivity contribution in [1.29, 1.82) is 0 Å². The normalized spacial score (nSPS) is 14.0. The predicted octanol–water partition coefficient (Wildman–Crippen LogP) is 4.33. The fourth-order valence-corrected chi connectivity index (χ4v) is 4.34. The van der Waals surface area contributed by atoms with E-state index in [4.69, 9.17) is 5.10 Å². The number of imidazole rings is 1. The van der Waals surface area contributed by atoms with Crippen molar-refractivity contribution in [3.05, 3.63) is 101 Å². The molecule has 0 aliphatic heterocycles. The molecule has 32 heavy (non-hydrogen) atoms. The summed E-state index contributed by atoms with van der Waals surface area (Å²) >= 11 is 0. The molecule has 0 bridgehead atoms. The molecule has 0 fully saturated rings. The highest BCUT2D eigenvalue weighted by molar-refractivity contribution is 5.94. The van der Waals surface area contributed by atoms with E-state index >= 15 is 0 Å². The standard InChI is InChI=1S/C25H24FN5O/c26-18-10-12-19(13-11-18)31-22-9-5-4-8-20(22)24(30-31)25(32)29-21(16-23-27-14-15-28-23)17-6-2-1-3-7-17/h1-3,6-7,10-15,21H,4-5,8-9,16H2,(H,27,28)(H,29,32). The molecule has 1 amide bonds. The maximum absolute atomic E-state index is 13.5. The zero-order valence-corrected chi connectivity index (χ0v) is 17.6. The van der Waals surface area contributed by atoms with Gasteiger partial charge in [-0.3, -0.25) is 4.79 Å². The van der Waals surface area contributed by atoms with Gasteiger partial charge in [0.25, 0.3) is 5.91 Å². The number of fused-ring (bicyclic) bond motifs is 1. The molecule has 0 saturated carbocycles. The number of nitrogens with one attached hydrogen (secondary N) is 2. The van der Waals surface area contributed by atoms with Gasteiger partial charge in [0, 0.05) is 30.1 Å². The maximum Gasteiger partial charge on any atom is 0.272 e. The zero-order valence-electron chi connectivity index (χ0n) is 17.6. The van der Waals surface area contributed by atoms with Crippen LogP contribution in [0, 0.1) is 5.82 Å². The Morgan fingerprint density at radius 1 is 1.09 bits per heavy atom. The third kappa shape index (κ3) is 4.06. The maximum atomic E-state index is 13.5. The van der Waals surface area contributed by atoms with Gasteiger partial charge in [0.2, 0.25) is 0 Å². The third-order valence-electron chi connectivity index (χ3n) is 5.93. The van der Waals surface area contributed by atoms with Gasteiger partial charge < -0.3 is 10.3 Å². The van der Waals surface area contributed by atoms with Crippen molar-refractivity contribution < 1.29 is 9.18 Å². The Morgan fingerprint density at radius 2 is 1.88 bits per heavy atom. The number of carbonyl (C=O) groups is 1. The lowest BCUT2D eigenvalue weighted by Crippen LogP contribution is -2.31. The number of hydrogen-bond donors (Lipinski definition) is 2. The second-order valence-electron chi connectivity index (χ2n) is 8.05. The minimum Gasteiger partial charge on any atom is -0.349 e. The lowest BCUT2D eigenvalue weighted by atomic mass is 9.95. The smallest absolute Gasteiger partial charge is 0.272 e. The summed E-state index contributed by atoms with van der Waals surface area (Å²) in [7, 11) is 0. The van der Waals surface area contributed by atoms with Gasteiger partial charge in [0.1, 0.15) is 11.6 Å². The van der Waals surface area contributed by atoms with Crippen molar-refractivity contribution >= 4 is 5.91 Å². The summed E-state index contributed by atoms with van der Waals surface area (Å²) in [6.07, 6.45) is 7.77. The molecule has 1 aliphatic carbocycles. The first-order chi connectivity index (χ1) is 15.7. The minimum atomic E-state index is -0.295. The molecule has 2 aromatic heterocycles. The van der Waals surface area contributed by atoms with Crippen molar-refractivity contribution in [2.45, 2.75) is 38.1 Å². The summed E-state index contributed by atoms with van der Waals surface area (Å²) in [6.45, 7) is 0. The molecule has 1 aliphatic rings. The largest absolute Gasteiger partial charge is 0.349 e. The second-order valence-corrected chi connectivity index (χ2v) is 8.05. The van der Waals surface area contributed by atoms with Crippen molar-refractivity contribution in [2.24, 2.45) is 0 Å². The molecule has 0 saturated heterocycles. The van der Waals surface area contributed by atoms with E-state index in [1.165, 1.54) is 12.1 Å². The first kappa shape index (κ1) is 20.2. The fraction of sp³-hybridized carbons (Fsp3) is 0.240. The number of hydrogen-bond acceptors (Lipinski definition) is 3. The molecule has 4 aromatic rings. The van der Waals surface area contributed by atoms with Gasteiger partial charge in [-0.15, -0.1) is 0 Å². The number of halogens is 1. The quantitative estimate of drug-likeness (QED) is 0.479. The molecule has 1 atom stereocenters. The third-order valence-corrected chi connectivity index (χ3v) is 5.93. The summed E-state index contributed by atoms with van der Waals surface area (Å²) < 4.78 is 15.2. The summed E-state index contributed by atoms with van der Waals surface area (Å²) in [4.78, 5) is 20.9. The highest BCUT2D eigenvalue weighted by Crippen LogP contribution is 2.28. The van der Waals surface area contributed by atoms with Crippen LogP contribution in [0.1, 0.15) is 52.0 Å². The number of aromatic amines is 1. The van der Waals surface area contributed by atoms with Crippen molar-refractivity contribution in [2.75, 3.05) is 0 Å². The molecular weight excluding hydrogens is 405 g/mol. The molecule has 5 rings (SSSR count). The number of benzene rings is 2.